The molecule has 0 spiro atoms. The lowest BCUT2D eigenvalue weighted by Gasteiger charge is -2.28. The number of carbonyl (C=O) groups is 3. The molecule has 0 saturated carbocycles. The Morgan fingerprint density at radius 2 is 1.68 bits per heavy atom. The summed E-state index contributed by atoms with van der Waals surface area (Å²) in [6.45, 7) is 2.21. The lowest BCUT2D eigenvalue weighted by molar-refractivity contribution is -0.873. The Bertz CT molecular complexity index is 375. The van der Waals surface area contributed by atoms with E-state index < -0.39 is 30.1 Å². The fraction of sp³-hybridized carbons (Fsp3) is 0.786. The van der Waals surface area contributed by atoms with Gasteiger partial charge in [0, 0.05) is 19.3 Å². The first-order chi connectivity index (χ1) is 10.4. The lowest BCUT2D eigenvalue weighted by atomic mass is 10.2. The van der Waals surface area contributed by atoms with Gasteiger partial charge in [-0.2, -0.15) is 0 Å². The average molecular weight is 408 g/mol. The Kier molecular flexibility index (Phi) is 20.7. The van der Waals surface area contributed by atoms with Gasteiger partial charge in [0.2, 0.25) is 0 Å². The number of hydrogen-bond donors (Lipinski definition) is 3. The number of rotatable bonds is 9. The van der Waals surface area contributed by atoms with Crippen LogP contribution in [0, 0.1) is 0 Å². The monoisotopic (exact) mass is 407 g/mol. The molecule has 0 aliphatic heterocycles. The van der Waals surface area contributed by atoms with Crippen molar-refractivity contribution in [1.82, 2.24) is 0 Å². The molecule has 0 aliphatic rings. The van der Waals surface area contributed by atoms with Gasteiger partial charge in [0.05, 0.1) is 21.1 Å². The van der Waals surface area contributed by atoms with Crippen molar-refractivity contribution >= 4 is 42.7 Å². The van der Waals surface area contributed by atoms with Crippen molar-refractivity contribution in [2.45, 2.75) is 38.3 Å². The van der Waals surface area contributed by atoms with Gasteiger partial charge in [-0.05, 0) is 19.4 Å². The van der Waals surface area contributed by atoms with E-state index in [1.807, 2.05) is 21.1 Å². The van der Waals surface area contributed by atoms with E-state index in [1.165, 1.54) is 6.92 Å². The van der Waals surface area contributed by atoms with Crippen molar-refractivity contribution < 1.29 is 33.8 Å². The zero-order valence-electron chi connectivity index (χ0n) is 15.1. The number of nitrogens with two attached hydrogens (primary N) is 2. The quantitative estimate of drug-likeness (QED) is 0.315. The number of carbonyl (C=O) groups excluding carboxylic acids is 2. The minimum Gasteiger partial charge on any atom is -0.550 e. The van der Waals surface area contributed by atoms with Crippen molar-refractivity contribution in [2.75, 3.05) is 34.2 Å². The molecule has 11 heteroatoms. The summed E-state index contributed by atoms with van der Waals surface area (Å²) in [5, 5.41) is 18.6. The maximum Gasteiger partial charge on any atom is 0.320 e. The van der Waals surface area contributed by atoms with E-state index >= 15 is 0 Å². The van der Waals surface area contributed by atoms with Crippen LogP contribution < -0.4 is 16.6 Å². The second kappa shape index (κ2) is 16.3. The number of ether oxygens (including phenoxy) is 1. The Hall–Kier alpha value is -1.13. The first-order valence-corrected chi connectivity index (χ1v) is 7.25. The molecule has 0 aliphatic carbocycles. The molecule has 0 amide bonds. The molecule has 152 valence electrons. The normalized spacial score (nSPS) is 12.2. The molecule has 0 saturated heterocycles. The van der Waals surface area contributed by atoms with E-state index in [2.05, 4.69) is 0 Å². The van der Waals surface area contributed by atoms with Gasteiger partial charge in [-0.15, -0.1) is 24.8 Å². The molecule has 25 heavy (non-hydrogen) atoms. The van der Waals surface area contributed by atoms with E-state index in [9.17, 15) is 19.5 Å². The van der Waals surface area contributed by atoms with Gasteiger partial charge in [-0.25, -0.2) is 0 Å². The molecule has 2 atom stereocenters. The van der Waals surface area contributed by atoms with Crippen LogP contribution in [0.3, 0.4) is 0 Å². The molecule has 5 N–H and O–H groups in total. The third-order valence-corrected chi connectivity index (χ3v) is 2.51. The van der Waals surface area contributed by atoms with E-state index in [-0.39, 0.29) is 31.2 Å². The minimum absolute atomic E-state index is 0. The van der Waals surface area contributed by atoms with Crippen LogP contribution in [-0.4, -0.2) is 73.9 Å². The molecule has 0 heterocycles. The van der Waals surface area contributed by atoms with Gasteiger partial charge in [-0.1, -0.05) is 0 Å². The van der Waals surface area contributed by atoms with Crippen LogP contribution in [-0.2, 0) is 19.1 Å². The second-order valence-corrected chi connectivity index (χ2v) is 6.16. The van der Waals surface area contributed by atoms with E-state index in [4.69, 9.17) is 21.3 Å². The highest BCUT2D eigenvalue weighted by Crippen LogP contribution is 2.04. The Balaban J connectivity index is -0.000000177. The summed E-state index contributed by atoms with van der Waals surface area (Å²) < 4.78 is 5.39. The largest absolute Gasteiger partial charge is 0.550 e. The van der Waals surface area contributed by atoms with Crippen molar-refractivity contribution in [3.05, 3.63) is 0 Å². The highest BCUT2D eigenvalue weighted by molar-refractivity contribution is 5.85. The lowest BCUT2D eigenvalue weighted by Crippen LogP contribution is -2.45. The molecule has 1 unspecified atom stereocenters. The molecule has 0 aromatic carbocycles. The van der Waals surface area contributed by atoms with Gasteiger partial charge in [-0.3, -0.25) is 9.59 Å². The number of carboxylic acids is 2. The topological polar surface area (TPSA) is 156 Å². The van der Waals surface area contributed by atoms with Crippen molar-refractivity contribution in [3.8, 4) is 0 Å². The van der Waals surface area contributed by atoms with E-state index in [0.29, 0.717) is 30.4 Å². The highest BCUT2D eigenvalue weighted by atomic mass is 35.5. The van der Waals surface area contributed by atoms with Crippen LogP contribution in [0.25, 0.3) is 0 Å². The smallest absolute Gasteiger partial charge is 0.320 e. The SMILES string of the molecule is CC(=O)OC(CC(=O)[O-])C[N+](C)(C)C.Cl.Cl.NCCC[C@H](N)C(=O)O. The zero-order valence-corrected chi connectivity index (χ0v) is 16.7. The number of halogens is 2. The number of esters is 1. The molecule has 0 fully saturated rings. The molecule has 9 nitrogen and oxygen atoms in total. The highest BCUT2D eigenvalue weighted by Gasteiger charge is 2.20. The summed E-state index contributed by atoms with van der Waals surface area (Å²) in [6.07, 6.45) is 0.270. The molecule has 0 rings (SSSR count). The van der Waals surface area contributed by atoms with Crippen molar-refractivity contribution in [1.29, 1.82) is 0 Å². The van der Waals surface area contributed by atoms with E-state index in [0.717, 1.165) is 0 Å². The van der Waals surface area contributed by atoms with Crippen LogP contribution in [0.1, 0.15) is 26.2 Å². The average Bonchev–Trinajstić information content (AvgIpc) is 2.32. The molecule has 0 aromatic heterocycles. The molecular formula is C14H31Cl2N3O6. The van der Waals surface area contributed by atoms with E-state index in [1.54, 1.807) is 0 Å². The number of nitrogens with zero attached hydrogens (tertiary/aromatic N) is 1. The predicted octanol–water partition coefficient (Wildman–Crippen LogP) is -1.25. The third-order valence-electron chi connectivity index (χ3n) is 2.51. The molecule has 0 bridgehead atoms. The van der Waals surface area contributed by atoms with Crippen molar-refractivity contribution in [3.63, 3.8) is 0 Å². The van der Waals surface area contributed by atoms with Crippen molar-refractivity contribution in [2.24, 2.45) is 11.5 Å². The maximum absolute atomic E-state index is 10.7. The van der Waals surface area contributed by atoms with Crippen LogP contribution in [0.2, 0.25) is 0 Å². The zero-order chi connectivity index (χ0) is 18.6. The second-order valence-electron chi connectivity index (χ2n) is 6.16. The summed E-state index contributed by atoms with van der Waals surface area (Å²) >= 11 is 0. The van der Waals surface area contributed by atoms with Gasteiger partial charge in [0.15, 0.2) is 6.10 Å². The first-order valence-electron chi connectivity index (χ1n) is 7.25. The van der Waals surface area contributed by atoms with Crippen LogP contribution in [0.5, 0.6) is 0 Å². The number of likely N-dealkylation sites (N-methyl/N-ethyl adjacent to an activating group) is 1. The summed E-state index contributed by atoms with van der Waals surface area (Å²) in [6, 6.07) is -0.742. The fourth-order valence-corrected chi connectivity index (χ4v) is 1.64. The molecule has 0 aromatic rings. The standard InChI is InChI=1S/C9H17NO4.C5H12N2O2.2ClH/c1-7(11)14-8(5-9(12)13)6-10(2,3)4;6-3-1-2-4(7)5(8)9;;/h8H,5-6H2,1-4H3;4H,1-3,6-7H2,(H,8,9);2*1H/t;4-;;/m.0../s1. The van der Waals surface area contributed by atoms with Gasteiger partial charge >= 0.3 is 11.9 Å². The number of carboxylic acid groups (broad SMARTS) is 2. The summed E-state index contributed by atoms with van der Waals surface area (Å²) in [7, 11) is 5.68. The van der Waals surface area contributed by atoms with Gasteiger partial charge in [0.1, 0.15) is 12.6 Å². The summed E-state index contributed by atoms with van der Waals surface area (Å²) in [5.41, 5.74) is 10.3. The summed E-state index contributed by atoms with van der Waals surface area (Å²) in [4.78, 5) is 31.1. The first kappa shape index (κ1) is 31.6. The molecular weight excluding hydrogens is 377 g/mol. The van der Waals surface area contributed by atoms with Crippen LogP contribution >= 0.6 is 24.8 Å². The molecule has 0 radical (unpaired) electrons. The predicted molar refractivity (Wildman–Crippen MR) is 96.5 cm³/mol. The Labute approximate surface area is 161 Å². The van der Waals surface area contributed by atoms with Crippen LogP contribution in [0.4, 0.5) is 0 Å². The third kappa shape index (κ3) is 25.2. The Morgan fingerprint density at radius 1 is 1.20 bits per heavy atom. The number of hydrogen-bond acceptors (Lipinski definition) is 7. The van der Waals surface area contributed by atoms with Crippen LogP contribution in [0.15, 0.2) is 0 Å². The van der Waals surface area contributed by atoms with Gasteiger partial charge in [0.25, 0.3) is 0 Å². The van der Waals surface area contributed by atoms with Gasteiger partial charge < -0.3 is 35.7 Å². The fourth-order valence-electron chi connectivity index (χ4n) is 1.64. The number of quaternary nitrogens is 1. The Morgan fingerprint density at radius 3 is 1.96 bits per heavy atom. The number of aliphatic carboxylic acids is 2. The maximum atomic E-state index is 10.7. The summed E-state index contributed by atoms with van der Waals surface area (Å²) in [5.74, 6) is -2.63. The minimum atomic E-state index is -1.20.